The highest BCUT2D eigenvalue weighted by Crippen LogP contribution is 2.39. The molecule has 0 fully saturated rings. The van der Waals surface area contributed by atoms with Gasteiger partial charge in [0, 0.05) is 0 Å². The predicted octanol–water partition coefficient (Wildman–Crippen LogP) is 2.14. The molecular weight excluding hydrogens is 364 g/mol. The lowest BCUT2D eigenvalue weighted by atomic mass is 10.2. The lowest BCUT2D eigenvalue weighted by Crippen LogP contribution is -2.27. The van der Waals surface area contributed by atoms with Crippen LogP contribution < -0.4 is 5.56 Å². The zero-order chi connectivity index (χ0) is 17.5. The van der Waals surface area contributed by atoms with Crippen LogP contribution in [0.5, 0.6) is 0 Å². The molecule has 1 aliphatic rings. The molecule has 0 bridgehead atoms. The number of aromatic nitrogens is 4. The fourth-order valence-corrected chi connectivity index (χ4v) is 5.38. The minimum absolute atomic E-state index is 0.0573. The van der Waals surface area contributed by atoms with Gasteiger partial charge in [0.05, 0.1) is 21.6 Å². The molecule has 0 aliphatic carbocycles. The van der Waals surface area contributed by atoms with E-state index in [-0.39, 0.29) is 31.8 Å². The van der Waals surface area contributed by atoms with Crippen LogP contribution in [0.25, 0.3) is 22.2 Å². The van der Waals surface area contributed by atoms with E-state index in [2.05, 4.69) is 10.3 Å². The van der Waals surface area contributed by atoms with Crippen molar-refractivity contribution in [2.75, 3.05) is 0 Å². The van der Waals surface area contributed by atoms with Crippen molar-refractivity contribution >= 4 is 38.0 Å². The third-order valence-corrected chi connectivity index (χ3v) is 6.48. The highest BCUT2D eigenvalue weighted by molar-refractivity contribution is 7.91. The van der Waals surface area contributed by atoms with Crippen molar-refractivity contribution in [1.82, 2.24) is 19.4 Å². The van der Waals surface area contributed by atoms with Gasteiger partial charge in [-0.05, 0) is 36.8 Å². The normalized spacial score (nSPS) is 14.8. The van der Waals surface area contributed by atoms with Crippen molar-refractivity contribution in [1.29, 1.82) is 0 Å². The summed E-state index contributed by atoms with van der Waals surface area (Å²) in [5.74, 6) is 0. The number of fused-ring (bicyclic) bond motifs is 4. The molecule has 0 unspecified atom stereocenters. The molecule has 0 amide bonds. The molecule has 2 aromatic heterocycles. The Morgan fingerprint density at radius 3 is 2.72 bits per heavy atom. The van der Waals surface area contributed by atoms with Crippen molar-refractivity contribution < 1.29 is 8.42 Å². The van der Waals surface area contributed by atoms with E-state index in [9.17, 15) is 13.2 Å². The van der Waals surface area contributed by atoms with E-state index >= 15 is 0 Å². The second kappa shape index (κ2) is 4.47. The Morgan fingerprint density at radius 2 is 1.92 bits per heavy atom. The van der Waals surface area contributed by atoms with E-state index in [0.29, 0.717) is 10.9 Å². The number of sulfone groups is 1. The van der Waals surface area contributed by atoms with Crippen LogP contribution in [0.15, 0.2) is 51.1 Å². The van der Waals surface area contributed by atoms with E-state index in [4.69, 9.17) is 11.6 Å². The molecule has 0 atom stereocenters. The summed E-state index contributed by atoms with van der Waals surface area (Å²) in [6.07, 6.45) is 0. The standard InChI is InChI=1S/C16H9ClN4O3S/c1-8-6-10(17)13-12(7-8)20-15-14(25(13,23)24)18-19-21(15)11-5-3-2-4-9(11)16(20)22/h2-7H,1H3. The highest BCUT2D eigenvalue weighted by Gasteiger charge is 2.38. The number of hydrogen-bond donors (Lipinski definition) is 0. The van der Waals surface area contributed by atoms with Crippen LogP contribution in [0.2, 0.25) is 5.02 Å². The molecule has 124 valence electrons. The van der Waals surface area contributed by atoms with Crippen LogP contribution in [0, 0.1) is 6.92 Å². The molecular formula is C16H9ClN4O3S. The monoisotopic (exact) mass is 372 g/mol. The summed E-state index contributed by atoms with van der Waals surface area (Å²) in [6, 6.07) is 10.0. The van der Waals surface area contributed by atoms with Crippen molar-refractivity contribution in [3.05, 3.63) is 57.3 Å². The third kappa shape index (κ3) is 1.65. The maximum absolute atomic E-state index is 13.1. The minimum atomic E-state index is -3.98. The quantitative estimate of drug-likeness (QED) is 0.415. The Balaban J connectivity index is 2.19. The minimum Gasteiger partial charge on any atom is -0.268 e. The van der Waals surface area contributed by atoms with Gasteiger partial charge in [-0.25, -0.2) is 8.42 Å². The van der Waals surface area contributed by atoms with Crippen LogP contribution >= 0.6 is 11.6 Å². The molecule has 0 saturated carbocycles. The first kappa shape index (κ1) is 14.6. The lowest BCUT2D eigenvalue weighted by Gasteiger charge is -2.20. The van der Waals surface area contributed by atoms with Crippen molar-refractivity contribution in [3.63, 3.8) is 0 Å². The lowest BCUT2D eigenvalue weighted by molar-refractivity contribution is 0.590. The first-order chi connectivity index (χ1) is 11.9. The van der Waals surface area contributed by atoms with E-state index in [0.717, 1.165) is 5.56 Å². The summed E-state index contributed by atoms with van der Waals surface area (Å²) in [6.45, 7) is 1.78. The van der Waals surface area contributed by atoms with Crippen LogP contribution in [-0.2, 0) is 9.84 Å². The fourth-order valence-electron chi connectivity index (χ4n) is 3.31. The van der Waals surface area contributed by atoms with E-state index in [1.165, 1.54) is 9.08 Å². The summed E-state index contributed by atoms with van der Waals surface area (Å²) in [7, 11) is -3.98. The van der Waals surface area contributed by atoms with Gasteiger partial charge in [0.2, 0.25) is 14.9 Å². The summed E-state index contributed by atoms with van der Waals surface area (Å²) >= 11 is 6.22. The van der Waals surface area contributed by atoms with Crippen molar-refractivity contribution in [3.8, 4) is 5.69 Å². The number of nitrogens with zero attached hydrogens (tertiary/aromatic N) is 4. The van der Waals surface area contributed by atoms with Crippen LogP contribution in [-0.4, -0.2) is 27.8 Å². The Bertz CT molecular complexity index is 1400. The molecule has 25 heavy (non-hydrogen) atoms. The second-order valence-corrected chi connectivity index (χ2v) is 8.10. The van der Waals surface area contributed by atoms with E-state index in [1.54, 1.807) is 43.3 Å². The number of rotatable bonds is 0. The summed E-state index contributed by atoms with van der Waals surface area (Å²) < 4.78 is 28.7. The summed E-state index contributed by atoms with van der Waals surface area (Å²) in [5.41, 5.74) is 1.24. The number of benzene rings is 2. The molecule has 0 saturated heterocycles. The van der Waals surface area contributed by atoms with E-state index in [1.807, 2.05) is 0 Å². The van der Waals surface area contributed by atoms with Crippen molar-refractivity contribution in [2.24, 2.45) is 0 Å². The Morgan fingerprint density at radius 1 is 1.16 bits per heavy atom. The topological polar surface area (TPSA) is 86.3 Å². The van der Waals surface area contributed by atoms with Gasteiger partial charge in [-0.15, -0.1) is 5.10 Å². The summed E-state index contributed by atoms with van der Waals surface area (Å²) in [5, 5.41) is 8.01. The smallest absolute Gasteiger partial charge is 0.266 e. The Kier molecular flexibility index (Phi) is 2.61. The predicted molar refractivity (Wildman–Crippen MR) is 91.3 cm³/mol. The molecule has 0 spiro atoms. The number of halogens is 1. The van der Waals surface area contributed by atoms with Gasteiger partial charge in [-0.1, -0.05) is 28.9 Å². The molecule has 7 nitrogen and oxygen atoms in total. The zero-order valence-corrected chi connectivity index (χ0v) is 14.3. The number of aryl methyl sites for hydroxylation is 1. The first-order valence-electron chi connectivity index (χ1n) is 7.36. The van der Waals surface area contributed by atoms with E-state index < -0.39 is 9.84 Å². The van der Waals surface area contributed by atoms with Crippen LogP contribution in [0.3, 0.4) is 0 Å². The van der Waals surface area contributed by atoms with Crippen LogP contribution in [0.1, 0.15) is 5.56 Å². The molecule has 4 aromatic rings. The number of hydrogen-bond acceptors (Lipinski definition) is 5. The molecule has 0 N–H and O–H groups in total. The average Bonchev–Trinajstić information content (AvgIpc) is 2.99. The molecule has 5 rings (SSSR count). The fraction of sp³-hybridized carbons (Fsp3) is 0.0625. The first-order valence-corrected chi connectivity index (χ1v) is 9.22. The third-order valence-electron chi connectivity index (χ3n) is 4.33. The summed E-state index contributed by atoms with van der Waals surface area (Å²) in [4.78, 5) is 13.0. The largest absolute Gasteiger partial charge is 0.268 e. The molecule has 3 heterocycles. The molecule has 1 aliphatic heterocycles. The highest BCUT2D eigenvalue weighted by atomic mass is 35.5. The van der Waals surface area contributed by atoms with Crippen LogP contribution in [0.4, 0.5) is 0 Å². The zero-order valence-electron chi connectivity index (χ0n) is 12.8. The van der Waals surface area contributed by atoms with Gasteiger partial charge in [-0.2, -0.15) is 4.52 Å². The molecule has 9 heteroatoms. The van der Waals surface area contributed by atoms with Crippen molar-refractivity contribution in [2.45, 2.75) is 16.8 Å². The Labute approximate surface area is 146 Å². The van der Waals surface area contributed by atoms with Gasteiger partial charge in [0.25, 0.3) is 5.56 Å². The van der Waals surface area contributed by atoms with Gasteiger partial charge in [0.1, 0.15) is 4.90 Å². The maximum Gasteiger partial charge on any atom is 0.266 e. The van der Waals surface area contributed by atoms with Gasteiger partial charge >= 0.3 is 0 Å². The Hall–Kier alpha value is -2.71. The maximum atomic E-state index is 13.1. The van der Waals surface area contributed by atoms with Gasteiger partial charge in [0.15, 0.2) is 5.65 Å². The van der Waals surface area contributed by atoms with Gasteiger partial charge in [-0.3, -0.25) is 9.36 Å². The molecule has 2 aromatic carbocycles. The SMILES string of the molecule is Cc1cc(Cl)c2c(c1)-n1c(=O)c3ccccc3n3nnc(c13)S2(=O)=O. The number of para-hydroxylation sites is 1. The molecule has 0 radical (unpaired) electrons. The average molecular weight is 373 g/mol. The van der Waals surface area contributed by atoms with Gasteiger partial charge < -0.3 is 0 Å². The second-order valence-electron chi connectivity index (χ2n) is 5.89.